The molecule has 18 heavy (non-hydrogen) atoms. The Hall–Kier alpha value is -2.32. The molecule has 0 atom stereocenters. The van der Waals surface area contributed by atoms with E-state index in [0.717, 1.165) is 11.3 Å². The maximum Gasteiger partial charge on any atom is 0.238 e. The van der Waals surface area contributed by atoms with Gasteiger partial charge in [0.05, 0.1) is 17.5 Å². The Morgan fingerprint density at radius 3 is 3.00 bits per heavy atom. The molecule has 0 radical (unpaired) electrons. The van der Waals surface area contributed by atoms with Crippen molar-refractivity contribution in [3.8, 4) is 17.3 Å². The monoisotopic (exact) mass is 260 g/mol. The van der Waals surface area contributed by atoms with Gasteiger partial charge in [-0.05, 0) is 24.3 Å². The van der Waals surface area contributed by atoms with E-state index in [1.54, 1.807) is 36.5 Å². The fourth-order valence-corrected chi connectivity index (χ4v) is 1.70. The Labute approximate surface area is 108 Å². The molecular formula is C12H9ClN4O. The predicted molar refractivity (Wildman–Crippen MR) is 67.9 cm³/mol. The van der Waals surface area contributed by atoms with Crippen molar-refractivity contribution in [3.63, 3.8) is 0 Å². The molecule has 0 unspecified atom stereocenters. The molecule has 90 valence electrons. The molecule has 6 heteroatoms. The highest BCUT2D eigenvalue weighted by Gasteiger charge is 2.10. The van der Waals surface area contributed by atoms with Crippen molar-refractivity contribution >= 4 is 23.2 Å². The third kappa shape index (κ3) is 2.67. The molecule has 5 nitrogen and oxygen atoms in total. The van der Waals surface area contributed by atoms with E-state index < -0.39 is 0 Å². The van der Waals surface area contributed by atoms with Crippen LogP contribution in [0.4, 0.5) is 5.69 Å². The van der Waals surface area contributed by atoms with Crippen molar-refractivity contribution in [1.29, 1.82) is 5.26 Å². The minimum absolute atomic E-state index is 0.199. The second kappa shape index (κ2) is 5.34. The zero-order valence-electron chi connectivity index (χ0n) is 9.27. The van der Waals surface area contributed by atoms with Crippen LogP contribution in [-0.2, 0) is 4.79 Å². The molecule has 2 N–H and O–H groups in total. The molecule has 0 bridgehead atoms. The average Bonchev–Trinajstić information content (AvgIpc) is 2.83. The van der Waals surface area contributed by atoms with Crippen LogP contribution in [0.5, 0.6) is 0 Å². The Morgan fingerprint density at radius 1 is 1.50 bits per heavy atom. The van der Waals surface area contributed by atoms with Gasteiger partial charge in [-0.2, -0.15) is 10.4 Å². The van der Waals surface area contributed by atoms with Crippen molar-refractivity contribution < 1.29 is 4.79 Å². The van der Waals surface area contributed by atoms with Crippen LogP contribution in [0.3, 0.4) is 0 Å². The summed E-state index contributed by atoms with van der Waals surface area (Å²) in [6, 6.07) is 8.70. The largest absolute Gasteiger partial charge is 0.325 e. The first-order chi connectivity index (χ1) is 8.70. The molecule has 0 aliphatic rings. The summed E-state index contributed by atoms with van der Waals surface area (Å²) in [5.41, 5.74) is 2.08. The molecule has 1 aromatic carbocycles. The molecule has 0 saturated heterocycles. The van der Waals surface area contributed by atoms with E-state index >= 15 is 0 Å². The van der Waals surface area contributed by atoms with Crippen LogP contribution in [0.15, 0.2) is 30.5 Å². The lowest BCUT2D eigenvalue weighted by Gasteiger charge is -2.09. The summed E-state index contributed by atoms with van der Waals surface area (Å²) in [5.74, 6) is -0.375. The topological polar surface area (TPSA) is 81.6 Å². The third-order valence-electron chi connectivity index (χ3n) is 2.29. The quantitative estimate of drug-likeness (QED) is 0.890. The molecular weight excluding hydrogens is 252 g/mol. The smallest absolute Gasteiger partial charge is 0.238 e. The summed E-state index contributed by atoms with van der Waals surface area (Å²) in [4.78, 5) is 11.4. The summed E-state index contributed by atoms with van der Waals surface area (Å²) < 4.78 is 0. The Bertz CT molecular complexity index is 601. The van der Waals surface area contributed by atoms with Gasteiger partial charge < -0.3 is 5.32 Å². The molecule has 0 spiro atoms. The van der Waals surface area contributed by atoms with Crippen LogP contribution < -0.4 is 5.32 Å². The number of hydrogen-bond donors (Lipinski definition) is 2. The lowest BCUT2D eigenvalue weighted by atomic mass is 10.1. The number of nitrogens with zero attached hydrogens (tertiary/aromatic N) is 2. The molecule has 2 aromatic rings. The Morgan fingerprint density at radius 2 is 2.33 bits per heavy atom. The summed E-state index contributed by atoms with van der Waals surface area (Å²) >= 11 is 5.90. The number of amides is 1. The number of rotatable bonds is 3. The molecule has 0 saturated carbocycles. The number of carbonyl (C=O) groups excluding carboxylic acids is 1. The molecule has 1 heterocycles. The summed E-state index contributed by atoms with van der Waals surface area (Å²) in [6.45, 7) is 0. The highest BCUT2D eigenvalue weighted by molar-refractivity contribution is 6.31. The van der Waals surface area contributed by atoms with Crippen LogP contribution in [0.2, 0.25) is 5.02 Å². The SMILES string of the molecule is N#CCC(=O)Nc1cc(Cl)ccc1-c1ccn[nH]1. The number of aromatic nitrogens is 2. The van der Waals surface area contributed by atoms with E-state index in [1.165, 1.54) is 0 Å². The van der Waals surface area contributed by atoms with E-state index in [1.807, 2.05) is 0 Å². The standard InChI is InChI=1S/C12H9ClN4O/c13-8-1-2-9(10-4-6-15-17-10)11(7-8)16-12(18)3-5-14/h1-2,4,6-7H,3H2,(H,15,17)(H,16,18). The van der Waals surface area contributed by atoms with Crippen LogP contribution in [0, 0.1) is 11.3 Å². The highest BCUT2D eigenvalue weighted by atomic mass is 35.5. The van der Waals surface area contributed by atoms with Gasteiger partial charge >= 0.3 is 0 Å². The minimum atomic E-state index is -0.375. The van der Waals surface area contributed by atoms with Gasteiger partial charge in [0, 0.05) is 16.8 Å². The van der Waals surface area contributed by atoms with Gasteiger partial charge in [-0.25, -0.2) is 0 Å². The first-order valence-corrected chi connectivity index (χ1v) is 5.54. The average molecular weight is 261 g/mol. The van der Waals surface area contributed by atoms with Crippen molar-refractivity contribution in [2.24, 2.45) is 0 Å². The second-order valence-electron chi connectivity index (χ2n) is 3.54. The van der Waals surface area contributed by atoms with E-state index in [0.29, 0.717) is 10.7 Å². The van der Waals surface area contributed by atoms with E-state index in [-0.39, 0.29) is 12.3 Å². The number of nitrogens with one attached hydrogen (secondary N) is 2. The number of H-pyrrole nitrogens is 1. The van der Waals surface area contributed by atoms with Gasteiger partial charge in [-0.3, -0.25) is 9.89 Å². The molecule has 2 rings (SSSR count). The molecule has 1 aromatic heterocycles. The van der Waals surface area contributed by atoms with E-state index in [2.05, 4.69) is 15.5 Å². The normalized spacial score (nSPS) is 9.78. The van der Waals surface area contributed by atoms with E-state index in [4.69, 9.17) is 16.9 Å². The van der Waals surface area contributed by atoms with Gasteiger partial charge in [-0.1, -0.05) is 11.6 Å². The van der Waals surface area contributed by atoms with Crippen molar-refractivity contribution in [2.45, 2.75) is 6.42 Å². The maximum absolute atomic E-state index is 11.4. The van der Waals surface area contributed by atoms with Gasteiger partial charge in [0.25, 0.3) is 0 Å². The number of benzene rings is 1. The van der Waals surface area contributed by atoms with Crippen LogP contribution >= 0.6 is 11.6 Å². The predicted octanol–water partition coefficient (Wildman–Crippen LogP) is 2.58. The second-order valence-corrected chi connectivity index (χ2v) is 3.98. The number of halogens is 1. The molecule has 0 aliphatic carbocycles. The number of carbonyl (C=O) groups is 1. The van der Waals surface area contributed by atoms with Crippen molar-refractivity contribution in [3.05, 3.63) is 35.5 Å². The minimum Gasteiger partial charge on any atom is -0.325 e. The van der Waals surface area contributed by atoms with Crippen molar-refractivity contribution in [1.82, 2.24) is 10.2 Å². The van der Waals surface area contributed by atoms with Gasteiger partial charge in [0.2, 0.25) is 5.91 Å². The Kier molecular flexibility index (Phi) is 3.60. The lowest BCUT2D eigenvalue weighted by molar-refractivity contribution is -0.115. The van der Waals surface area contributed by atoms with E-state index in [9.17, 15) is 4.79 Å². The van der Waals surface area contributed by atoms with Gasteiger partial charge in [-0.15, -0.1) is 0 Å². The maximum atomic E-state index is 11.4. The van der Waals surface area contributed by atoms with Crippen LogP contribution in [-0.4, -0.2) is 16.1 Å². The molecule has 1 amide bonds. The lowest BCUT2D eigenvalue weighted by Crippen LogP contribution is -2.11. The number of aromatic amines is 1. The summed E-state index contributed by atoms with van der Waals surface area (Å²) in [5, 5.41) is 18.3. The van der Waals surface area contributed by atoms with Crippen molar-refractivity contribution in [2.75, 3.05) is 5.32 Å². The third-order valence-corrected chi connectivity index (χ3v) is 2.52. The fraction of sp³-hybridized carbons (Fsp3) is 0.0833. The first-order valence-electron chi connectivity index (χ1n) is 5.17. The Balaban J connectivity index is 2.36. The molecule has 0 aliphatic heterocycles. The summed E-state index contributed by atoms with van der Waals surface area (Å²) in [6.07, 6.45) is 1.42. The summed E-state index contributed by atoms with van der Waals surface area (Å²) in [7, 11) is 0. The van der Waals surface area contributed by atoms with Gasteiger partial charge in [0.15, 0.2) is 0 Å². The number of hydrogen-bond acceptors (Lipinski definition) is 3. The van der Waals surface area contributed by atoms with Crippen LogP contribution in [0.25, 0.3) is 11.3 Å². The molecule has 0 fully saturated rings. The fourth-order valence-electron chi connectivity index (χ4n) is 1.53. The highest BCUT2D eigenvalue weighted by Crippen LogP contribution is 2.29. The van der Waals surface area contributed by atoms with Crippen LogP contribution in [0.1, 0.15) is 6.42 Å². The number of nitriles is 1. The zero-order valence-corrected chi connectivity index (χ0v) is 10.0. The number of anilines is 1. The first kappa shape index (κ1) is 12.1. The van der Waals surface area contributed by atoms with Gasteiger partial charge in [0.1, 0.15) is 6.42 Å². The zero-order chi connectivity index (χ0) is 13.0.